The van der Waals surface area contributed by atoms with E-state index in [4.69, 9.17) is 9.84 Å². The number of carbonyl (C=O) groups is 1. The second kappa shape index (κ2) is 5.14. The molecule has 2 aromatic rings. The number of hydrogen-bond donors (Lipinski definition) is 1. The monoisotopic (exact) mass is 264 g/mol. The van der Waals surface area contributed by atoms with Gasteiger partial charge in [-0.1, -0.05) is 12.2 Å². The van der Waals surface area contributed by atoms with Crippen LogP contribution in [0.15, 0.2) is 18.5 Å². The zero-order chi connectivity index (χ0) is 13.1. The summed E-state index contributed by atoms with van der Waals surface area (Å²) in [6.45, 7) is 4.05. The number of aryl methyl sites for hydroxylation is 1. The lowest BCUT2D eigenvalue weighted by atomic mass is 10.2. The third-order valence-corrected chi connectivity index (χ3v) is 3.63. The smallest absolute Gasteiger partial charge is 0.346 e. The fourth-order valence-electron chi connectivity index (χ4n) is 1.58. The maximum atomic E-state index is 11.1. The molecule has 0 atom stereocenters. The fraction of sp³-hybridized carbons (Fsp3) is 0.250. The van der Waals surface area contributed by atoms with Gasteiger partial charge in [-0.25, -0.2) is 14.8 Å². The minimum atomic E-state index is -0.949. The Bertz CT molecular complexity index is 619. The molecule has 94 valence electrons. The summed E-state index contributed by atoms with van der Waals surface area (Å²) in [7, 11) is 0. The maximum Gasteiger partial charge on any atom is 0.346 e. The molecule has 1 N–H and O–H groups in total. The highest BCUT2D eigenvalue weighted by Gasteiger charge is 2.18. The summed E-state index contributed by atoms with van der Waals surface area (Å²) in [5, 5.41) is 9.77. The summed E-state index contributed by atoms with van der Waals surface area (Å²) >= 11 is 1.14. The number of rotatable bonds is 4. The Morgan fingerprint density at radius 1 is 1.56 bits per heavy atom. The highest BCUT2D eigenvalue weighted by atomic mass is 32.1. The fourth-order valence-corrected chi connectivity index (χ4v) is 2.55. The molecule has 0 amide bonds. The second-order valence-electron chi connectivity index (χ2n) is 3.60. The summed E-state index contributed by atoms with van der Waals surface area (Å²) in [6, 6.07) is 0. The van der Waals surface area contributed by atoms with Crippen molar-refractivity contribution in [3.8, 4) is 5.88 Å². The Morgan fingerprint density at radius 2 is 2.33 bits per heavy atom. The van der Waals surface area contributed by atoms with Gasteiger partial charge < -0.3 is 9.84 Å². The van der Waals surface area contributed by atoms with E-state index in [0.29, 0.717) is 28.3 Å². The number of nitrogens with zero attached hydrogens (tertiary/aromatic N) is 2. The average Bonchev–Trinajstić information content (AvgIpc) is 2.68. The number of ether oxygens (including phenoxy) is 1. The summed E-state index contributed by atoms with van der Waals surface area (Å²) < 4.78 is 5.51. The van der Waals surface area contributed by atoms with Crippen molar-refractivity contribution in [1.82, 2.24) is 9.97 Å². The number of carboxylic acid groups (broad SMARTS) is 1. The van der Waals surface area contributed by atoms with E-state index in [1.807, 2.05) is 19.1 Å². The molecule has 2 aromatic heterocycles. The van der Waals surface area contributed by atoms with Crippen LogP contribution < -0.4 is 4.74 Å². The van der Waals surface area contributed by atoms with E-state index in [1.54, 1.807) is 6.92 Å². The first-order valence-corrected chi connectivity index (χ1v) is 6.18. The maximum absolute atomic E-state index is 11.1. The summed E-state index contributed by atoms with van der Waals surface area (Å²) in [5.74, 6) is -0.519. The first-order valence-electron chi connectivity index (χ1n) is 5.36. The molecule has 18 heavy (non-hydrogen) atoms. The first kappa shape index (κ1) is 12.5. The molecule has 0 saturated carbocycles. The third kappa shape index (κ3) is 2.19. The van der Waals surface area contributed by atoms with Gasteiger partial charge >= 0.3 is 5.97 Å². The van der Waals surface area contributed by atoms with Crippen LogP contribution in [0.3, 0.4) is 0 Å². The Labute approximate surface area is 108 Å². The van der Waals surface area contributed by atoms with Gasteiger partial charge in [0.05, 0.1) is 5.39 Å². The molecule has 5 nitrogen and oxygen atoms in total. The van der Waals surface area contributed by atoms with E-state index in [-0.39, 0.29) is 4.88 Å². The van der Waals surface area contributed by atoms with E-state index < -0.39 is 5.97 Å². The van der Waals surface area contributed by atoms with Crippen molar-refractivity contribution in [2.45, 2.75) is 13.8 Å². The highest BCUT2D eigenvalue weighted by Crippen LogP contribution is 2.34. The molecule has 0 spiro atoms. The van der Waals surface area contributed by atoms with Crippen molar-refractivity contribution in [3.05, 3.63) is 28.9 Å². The molecular weight excluding hydrogens is 252 g/mol. The van der Waals surface area contributed by atoms with Crippen LogP contribution in [-0.2, 0) is 0 Å². The van der Waals surface area contributed by atoms with E-state index >= 15 is 0 Å². The molecule has 0 bridgehead atoms. The molecule has 0 radical (unpaired) electrons. The van der Waals surface area contributed by atoms with E-state index in [9.17, 15) is 4.79 Å². The minimum Gasteiger partial charge on any atom is -0.477 e. The summed E-state index contributed by atoms with van der Waals surface area (Å²) in [5.41, 5.74) is 0.651. The van der Waals surface area contributed by atoms with Gasteiger partial charge in [0.15, 0.2) is 0 Å². The highest BCUT2D eigenvalue weighted by molar-refractivity contribution is 7.20. The number of fused-ring (bicyclic) bond motifs is 1. The standard InChI is InChI=1S/C12H12N2O3S/c1-3-4-5-17-10-8-7(2)9(12(15)16)18-11(8)14-6-13-10/h3-4,6H,5H2,1-2H3,(H,15,16). The number of aromatic nitrogens is 2. The van der Waals surface area contributed by atoms with Gasteiger partial charge in [-0.15, -0.1) is 11.3 Å². The minimum absolute atomic E-state index is 0.279. The largest absolute Gasteiger partial charge is 0.477 e. The zero-order valence-corrected chi connectivity index (χ0v) is 10.8. The zero-order valence-electron chi connectivity index (χ0n) is 10.0. The number of carboxylic acids is 1. The van der Waals surface area contributed by atoms with Crippen molar-refractivity contribution < 1.29 is 14.6 Å². The van der Waals surface area contributed by atoms with Crippen molar-refractivity contribution >= 4 is 27.5 Å². The lowest BCUT2D eigenvalue weighted by Crippen LogP contribution is -1.98. The van der Waals surface area contributed by atoms with Crippen molar-refractivity contribution in [2.24, 2.45) is 0 Å². The van der Waals surface area contributed by atoms with Gasteiger partial charge in [0.25, 0.3) is 0 Å². The van der Waals surface area contributed by atoms with Gasteiger partial charge in [0, 0.05) is 0 Å². The number of thiophene rings is 1. The predicted octanol–water partition coefficient (Wildman–Crippen LogP) is 2.65. The van der Waals surface area contributed by atoms with E-state index in [2.05, 4.69) is 9.97 Å². The molecule has 6 heteroatoms. The number of allylic oxidation sites excluding steroid dienone is 1. The van der Waals surface area contributed by atoms with Crippen molar-refractivity contribution in [2.75, 3.05) is 6.61 Å². The van der Waals surface area contributed by atoms with Gasteiger partial charge in [-0.2, -0.15) is 0 Å². The van der Waals surface area contributed by atoms with Gasteiger partial charge in [-0.05, 0) is 19.4 Å². The van der Waals surface area contributed by atoms with Crippen LogP contribution in [-0.4, -0.2) is 27.7 Å². The lowest BCUT2D eigenvalue weighted by Gasteiger charge is -2.03. The Morgan fingerprint density at radius 3 is 3.00 bits per heavy atom. The van der Waals surface area contributed by atoms with Gasteiger partial charge in [0.2, 0.25) is 5.88 Å². The van der Waals surface area contributed by atoms with Crippen molar-refractivity contribution in [3.63, 3.8) is 0 Å². The molecule has 0 unspecified atom stereocenters. The van der Waals surface area contributed by atoms with Crippen LogP contribution in [0.4, 0.5) is 0 Å². The van der Waals surface area contributed by atoms with E-state index in [0.717, 1.165) is 11.3 Å². The molecule has 0 aromatic carbocycles. The molecule has 0 saturated heterocycles. The quantitative estimate of drug-likeness (QED) is 0.859. The normalized spacial score (nSPS) is 11.2. The SMILES string of the molecule is CC=CCOc1ncnc2sc(C(=O)O)c(C)c12. The Hall–Kier alpha value is -1.95. The summed E-state index contributed by atoms with van der Waals surface area (Å²) in [6.07, 6.45) is 5.12. The molecule has 2 heterocycles. The average molecular weight is 264 g/mol. The molecule has 0 aliphatic heterocycles. The number of aromatic carboxylic acids is 1. The molecule has 2 rings (SSSR count). The van der Waals surface area contributed by atoms with Crippen molar-refractivity contribution in [1.29, 1.82) is 0 Å². The van der Waals surface area contributed by atoms with Crippen LogP contribution in [0.2, 0.25) is 0 Å². The molecular formula is C12H12N2O3S. The molecule has 0 aliphatic carbocycles. The lowest BCUT2D eigenvalue weighted by molar-refractivity contribution is 0.0701. The van der Waals surface area contributed by atoms with E-state index in [1.165, 1.54) is 6.33 Å². The molecule has 0 fully saturated rings. The predicted molar refractivity (Wildman–Crippen MR) is 69.4 cm³/mol. The first-order chi connectivity index (χ1) is 8.65. The second-order valence-corrected chi connectivity index (χ2v) is 4.60. The van der Waals surface area contributed by atoms with Crippen LogP contribution >= 0.6 is 11.3 Å². The number of hydrogen-bond acceptors (Lipinski definition) is 5. The van der Waals surface area contributed by atoms with Crippen LogP contribution in [0.25, 0.3) is 10.2 Å². The molecule has 0 aliphatic rings. The van der Waals surface area contributed by atoms with Crippen LogP contribution in [0.5, 0.6) is 5.88 Å². The van der Waals surface area contributed by atoms with Crippen LogP contribution in [0, 0.1) is 6.92 Å². The van der Waals surface area contributed by atoms with Gasteiger partial charge in [-0.3, -0.25) is 0 Å². The summed E-state index contributed by atoms with van der Waals surface area (Å²) in [4.78, 5) is 20.1. The van der Waals surface area contributed by atoms with Crippen LogP contribution in [0.1, 0.15) is 22.2 Å². The third-order valence-electron chi connectivity index (χ3n) is 2.44. The topological polar surface area (TPSA) is 72.3 Å². The Kier molecular flexibility index (Phi) is 3.57. The Balaban J connectivity index is 2.50. The van der Waals surface area contributed by atoms with Gasteiger partial charge in [0.1, 0.15) is 22.6 Å².